The van der Waals surface area contributed by atoms with Crippen LogP contribution in [0.2, 0.25) is 0 Å². The SMILES string of the molecule is CCC(C)(C)C(=O)OC1(C)CCOC(=O)C1.CCC(C)(C)C(=O)OC12CC3CC(CC(O)(C3)C1)C2.CCC(C)(C)C(=O)OCC(=O)OC1CCOC1=O. The molecule has 13 nitrogen and oxygen atoms in total. The van der Waals surface area contributed by atoms with Crippen LogP contribution in [0.3, 0.4) is 0 Å². The van der Waals surface area contributed by atoms with Crippen LogP contribution in [0.1, 0.15) is 146 Å². The van der Waals surface area contributed by atoms with Crippen molar-refractivity contribution in [3.05, 3.63) is 0 Å². The first kappa shape index (κ1) is 44.2. The normalized spacial score (nSPS) is 30.4. The van der Waals surface area contributed by atoms with Crippen LogP contribution in [0.4, 0.5) is 0 Å². The molecule has 0 aromatic carbocycles. The lowest BCUT2D eigenvalue weighted by molar-refractivity contribution is -0.225. The molecule has 0 amide bonds. The van der Waals surface area contributed by atoms with Crippen molar-refractivity contribution < 1.29 is 62.3 Å². The zero-order valence-electron chi connectivity index (χ0n) is 33.7. The second-order valence-electron chi connectivity index (χ2n) is 18.0. The molecule has 6 fully saturated rings. The molecule has 0 aromatic heterocycles. The quantitative estimate of drug-likeness (QED) is 0.194. The Labute approximate surface area is 314 Å². The predicted molar refractivity (Wildman–Crippen MR) is 192 cm³/mol. The van der Waals surface area contributed by atoms with E-state index in [9.17, 15) is 33.9 Å². The number of esters is 6. The average molecular weight is 753 g/mol. The summed E-state index contributed by atoms with van der Waals surface area (Å²) in [7, 11) is 0. The Balaban J connectivity index is 0.000000215. The lowest BCUT2D eigenvalue weighted by Gasteiger charge is -2.59. The maximum atomic E-state index is 12.4. The molecule has 6 rings (SSSR count). The fourth-order valence-electron chi connectivity index (χ4n) is 7.39. The molecule has 4 bridgehead atoms. The molecule has 2 aliphatic heterocycles. The van der Waals surface area contributed by atoms with Crippen molar-refractivity contribution in [2.24, 2.45) is 28.1 Å². The van der Waals surface area contributed by atoms with Gasteiger partial charge in [0.25, 0.3) is 0 Å². The largest absolute Gasteiger partial charge is 0.465 e. The second-order valence-corrected chi connectivity index (χ2v) is 18.0. The minimum atomic E-state index is -0.865. The Hall–Kier alpha value is -3.22. The summed E-state index contributed by atoms with van der Waals surface area (Å²) >= 11 is 0. The van der Waals surface area contributed by atoms with Gasteiger partial charge >= 0.3 is 35.8 Å². The van der Waals surface area contributed by atoms with Gasteiger partial charge in [0.2, 0.25) is 6.10 Å². The first-order chi connectivity index (χ1) is 24.4. The highest BCUT2D eigenvalue weighted by Gasteiger charge is 2.59. The Bertz CT molecular complexity index is 1350. The van der Waals surface area contributed by atoms with Crippen molar-refractivity contribution in [2.45, 2.75) is 169 Å². The summed E-state index contributed by atoms with van der Waals surface area (Å²) in [6, 6.07) is 0. The number of cyclic esters (lactones) is 2. The molecule has 4 unspecified atom stereocenters. The van der Waals surface area contributed by atoms with Gasteiger partial charge in [-0.15, -0.1) is 0 Å². The van der Waals surface area contributed by atoms with Crippen LogP contribution in [0.5, 0.6) is 0 Å². The van der Waals surface area contributed by atoms with E-state index < -0.39 is 58.1 Å². The lowest BCUT2D eigenvalue weighted by atomic mass is 9.52. The van der Waals surface area contributed by atoms with Gasteiger partial charge in [0.05, 0.1) is 41.5 Å². The van der Waals surface area contributed by atoms with E-state index in [1.54, 1.807) is 20.8 Å². The van der Waals surface area contributed by atoms with Crippen LogP contribution < -0.4 is 0 Å². The lowest BCUT2D eigenvalue weighted by Crippen LogP contribution is -2.61. The monoisotopic (exact) mass is 752 g/mol. The summed E-state index contributed by atoms with van der Waals surface area (Å²) in [5, 5.41) is 10.6. The number of carbonyl (C=O) groups excluding carboxylic acids is 6. The minimum Gasteiger partial charge on any atom is -0.465 e. The van der Waals surface area contributed by atoms with Crippen LogP contribution in [0.15, 0.2) is 0 Å². The van der Waals surface area contributed by atoms with Crippen molar-refractivity contribution in [1.29, 1.82) is 0 Å². The summed E-state index contributed by atoms with van der Waals surface area (Å²) in [6.07, 6.45) is 7.98. The van der Waals surface area contributed by atoms with Crippen LogP contribution >= 0.6 is 0 Å². The fourth-order valence-corrected chi connectivity index (χ4v) is 7.39. The molecule has 53 heavy (non-hydrogen) atoms. The van der Waals surface area contributed by atoms with Gasteiger partial charge in [0, 0.05) is 19.3 Å². The third-order valence-corrected chi connectivity index (χ3v) is 11.8. The number of hydrogen-bond donors (Lipinski definition) is 1. The van der Waals surface area contributed by atoms with Crippen molar-refractivity contribution >= 4 is 35.8 Å². The highest BCUT2D eigenvalue weighted by molar-refractivity contribution is 5.83. The smallest absolute Gasteiger partial charge is 0.347 e. The summed E-state index contributed by atoms with van der Waals surface area (Å²) in [5.74, 6) is -1.25. The Morgan fingerprint density at radius 2 is 1.30 bits per heavy atom. The standard InChI is InChI=1S/C16H26O3.C12H18O6.C12H20O4/c1-4-14(2,3)13(17)19-16-8-11-5-12(9-16)7-15(18,6-11)10-16;1-4-12(2,3)11(15)17-7-9(13)18-8-5-6-16-10(8)14;1-5-11(2,3)10(14)16-12(4)6-7-15-9(13)8-12/h11-12,18H,4-10H2,1-3H3;8H,4-7H2,1-3H3;5-8H2,1-4H3. The zero-order chi connectivity index (χ0) is 40.0. The van der Waals surface area contributed by atoms with Crippen LogP contribution in [-0.4, -0.2) is 83.7 Å². The van der Waals surface area contributed by atoms with Gasteiger partial charge in [0.15, 0.2) is 6.61 Å². The number of hydrogen-bond acceptors (Lipinski definition) is 13. The average Bonchev–Trinajstić information content (AvgIpc) is 3.45. The van der Waals surface area contributed by atoms with Gasteiger partial charge in [-0.05, 0) is 112 Å². The summed E-state index contributed by atoms with van der Waals surface area (Å²) in [6.45, 7) is 18.8. The molecule has 4 aliphatic carbocycles. The first-order valence-corrected chi connectivity index (χ1v) is 19.3. The maximum Gasteiger partial charge on any atom is 0.347 e. The molecule has 1 N–H and O–H groups in total. The molecule has 4 atom stereocenters. The van der Waals surface area contributed by atoms with Gasteiger partial charge in [-0.25, -0.2) is 9.59 Å². The van der Waals surface area contributed by atoms with E-state index in [4.69, 9.17) is 23.7 Å². The molecule has 2 saturated heterocycles. The van der Waals surface area contributed by atoms with Gasteiger partial charge in [-0.3, -0.25) is 19.2 Å². The number of carbonyl (C=O) groups is 6. The summed E-state index contributed by atoms with van der Waals surface area (Å²) in [5.41, 5.74) is -3.15. The molecule has 6 aliphatic rings. The van der Waals surface area contributed by atoms with E-state index in [0.717, 1.165) is 32.1 Å². The molecular weight excluding hydrogens is 688 g/mol. The third-order valence-electron chi connectivity index (χ3n) is 11.8. The second kappa shape index (κ2) is 17.1. The first-order valence-electron chi connectivity index (χ1n) is 19.3. The molecular formula is C40H64O13. The van der Waals surface area contributed by atoms with Gasteiger partial charge in [-0.1, -0.05) is 20.8 Å². The number of rotatable bonds is 11. The minimum absolute atomic E-state index is 0.0828. The highest BCUT2D eigenvalue weighted by atomic mass is 16.6. The van der Waals surface area contributed by atoms with E-state index in [-0.39, 0.29) is 36.5 Å². The van der Waals surface area contributed by atoms with Crippen molar-refractivity contribution in [3.8, 4) is 0 Å². The van der Waals surface area contributed by atoms with Crippen molar-refractivity contribution in [1.82, 2.24) is 0 Å². The van der Waals surface area contributed by atoms with E-state index in [0.29, 0.717) is 50.5 Å². The van der Waals surface area contributed by atoms with Gasteiger partial charge < -0.3 is 33.5 Å². The molecule has 0 spiro atoms. The van der Waals surface area contributed by atoms with E-state index in [2.05, 4.69) is 4.74 Å². The summed E-state index contributed by atoms with van der Waals surface area (Å²) in [4.78, 5) is 69.4. The molecule has 4 saturated carbocycles. The zero-order valence-corrected chi connectivity index (χ0v) is 33.7. The van der Waals surface area contributed by atoms with Crippen molar-refractivity contribution in [2.75, 3.05) is 19.8 Å². The van der Waals surface area contributed by atoms with E-state index in [1.165, 1.54) is 6.42 Å². The van der Waals surface area contributed by atoms with Crippen LogP contribution in [0, 0.1) is 28.1 Å². The Morgan fingerprint density at radius 1 is 0.774 bits per heavy atom. The Kier molecular flexibility index (Phi) is 14.2. The van der Waals surface area contributed by atoms with Crippen LogP contribution in [0.25, 0.3) is 0 Å². The molecule has 13 heteroatoms. The molecule has 2 heterocycles. The Morgan fingerprint density at radius 3 is 1.77 bits per heavy atom. The molecule has 302 valence electrons. The summed E-state index contributed by atoms with van der Waals surface area (Å²) < 4.78 is 30.6. The fraction of sp³-hybridized carbons (Fsp3) is 0.850. The van der Waals surface area contributed by atoms with E-state index >= 15 is 0 Å². The van der Waals surface area contributed by atoms with Gasteiger partial charge in [0.1, 0.15) is 11.2 Å². The van der Waals surface area contributed by atoms with Gasteiger partial charge in [-0.2, -0.15) is 0 Å². The molecule has 0 aromatic rings. The van der Waals surface area contributed by atoms with Crippen molar-refractivity contribution in [3.63, 3.8) is 0 Å². The topological polar surface area (TPSA) is 178 Å². The third kappa shape index (κ3) is 11.9. The molecule has 0 radical (unpaired) electrons. The van der Waals surface area contributed by atoms with E-state index in [1.807, 2.05) is 48.5 Å². The number of ether oxygens (including phenoxy) is 6. The maximum absolute atomic E-state index is 12.4. The highest BCUT2D eigenvalue weighted by Crippen LogP contribution is 2.59. The predicted octanol–water partition coefficient (Wildman–Crippen LogP) is 5.94. The van der Waals surface area contributed by atoms with Crippen LogP contribution in [-0.2, 0) is 57.2 Å². The number of aliphatic hydroxyl groups is 1.